The van der Waals surface area contributed by atoms with Gasteiger partial charge in [-0.1, -0.05) is 38.1 Å². The number of halogens is 2. The zero-order valence-electron chi connectivity index (χ0n) is 31.8. The second-order valence-electron chi connectivity index (χ2n) is 14.2. The lowest BCUT2D eigenvalue weighted by molar-refractivity contribution is -0.134. The Bertz CT molecular complexity index is 1670. The Morgan fingerprint density at radius 3 is 2.20 bits per heavy atom. The first-order chi connectivity index (χ1) is 25.9. The SMILES string of the molecule is Cc1ccc(CNCC(=O)N2CCC(C)(NC(=O)CNC(=O)NNC(=O)[C@H](Cc3cccc(F)c3)NC(=O)C(NC(=O)CNC(C)C)C(C)O)CC2)cc1F. The van der Waals surface area contributed by atoms with Crippen LogP contribution >= 0.6 is 0 Å². The van der Waals surface area contributed by atoms with E-state index in [0.717, 1.165) is 11.6 Å². The minimum absolute atomic E-state index is 0.0202. The number of nitrogens with zero attached hydrogens (tertiary/aromatic N) is 1. The lowest BCUT2D eigenvalue weighted by atomic mass is 9.89. The van der Waals surface area contributed by atoms with Gasteiger partial charge in [0.25, 0.3) is 5.91 Å². The second kappa shape index (κ2) is 21.0. The van der Waals surface area contributed by atoms with Crippen LogP contribution in [0.1, 0.15) is 57.2 Å². The summed E-state index contributed by atoms with van der Waals surface area (Å²) in [6, 6.07) is 6.41. The highest BCUT2D eigenvalue weighted by molar-refractivity contribution is 5.93. The molecule has 0 bridgehead atoms. The number of carbonyl (C=O) groups excluding carboxylic acids is 6. The van der Waals surface area contributed by atoms with Crippen molar-refractivity contribution < 1.29 is 42.7 Å². The fourth-order valence-corrected chi connectivity index (χ4v) is 5.63. The Kier molecular flexibility index (Phi) is 16.9. The van der Waals surface area contributed by atoms with Crippen molar-refractivity contribution in [3.05, 3.63) is 70.8 Å². The smallest absolute Gasteiger partial charge is 0.333 e. The molecular weight excluding hydrogens is 720 g/mol. The van der Waals surface area contributed by atoms with Crippen LogP contribution in [0.3, 0.4) is 0 Å². The molecule has 9 N–H and O–H groups in total. The van der Waals surface area contributed by atoms with E-state index < -0.39 is 65.7 Å². The van der Waals surface area contributed by atoms with Crippen LogP contribution in [0.15, 0.2) is 42.5 Å². The number of rotatable bonds is 17. The molecule has 1 aliphatic rings. The molecule has 1 heterocycles. The number of piperidine rings is 1. The van der Waals surface area contributed by atoms with Crippen LogP contribution in [-0.4, -0.2) is 108 Å². The van der Waals surface area contributed by atoms with Crippen LogP contribution in [0.4, 0.5) is 13.6 Å². The maximum atomic E-state index is 13.9. The van der Waals surface area contributed by atoms with Gasteiger partial charge in [-0.15, -0.1) is 0 Å². The van der Waals surface area contributed by atoms with Gasteiger partial charge in [-0.3, -0.25) is 29.4 Å². The Morgan fingerprint density at radius 1 is 0.855 bits per heavy atom. The van der Waals surface area contributed by atoms with Gasteiger partial charge in [0.05, 0.1) is 25.7 Å². The van der Waals surface area contributed by atoms with Gasteiger partial charge in [0.1, 0.15) is 23.7 Å². The summed E-state index contributed by atoms with van der Waals surface area (Å²) in [4.78, 5) is 78.4. The Balaban J connectivity index is 1.46. The molecule has 2 aromatic rings. The number of aliphatic hydroxyl groups is 1. The summed E-state index contributed by atoms with van der Waals surface area (Å²) < 4.78 is 27.7. The van der Waals surface area contributed by atoms with Crippen molar-refractivity contribution >= 4 is 35.6 Å². The zero-order valence-corrected chi connectivity index (χ0v) is 31.8. The average Bonchev–Trinajstić information content (AvgIpc) is 3.12. The van der Waals surface area contributed by atoms with Gasteiger partial charge in [0, 0.05) is 37.6 Å². The number of urea groups is 1. The third-order valence-electron chi connectivity index (χ3n) is 8.93. The van der Waals surface area contributed by atoms with E-state index in [1.165, 1.54) is 31.2 Å². The number of aliphatic hydroxyl groups excluding tert-OH is 1. The van der Waals surface area contributed by atoms with Crippen molar-refractivity contribution in [2.75, 3.05) is 32.7 Å². The molecule has 1 fully saturated rings. The zero-order chi connectivity index (χ0) is 40.7. The standard InChI is InChI=1S/C37H53F2N9O7/c1-22(2)41-19-30(50)44-33(24(4)49)35(54)43-29(17-25-7-6-8-27(38)15-25)34(53)46-47-36(55)42-20-31(51)45-37(5)11-13-48(14-12-37)32(52)21-40-18-26-10-9-23(3)28(39)16-26/h6-10,15-16,22,24,29,33,40-41,49H,11-14,17-21H2,1-5H3,(H,43,54)(H,44,50)(H,45,51)(H,46,53)(H2,42,47,55)/t24?,29-,33?/m0/s1. The third-order valence-corrected chi connectivity index (χ3v) is 8.93. The molecule has 1 aliphatic heterocycles. The molecule has 16 nitrogen and oxygen atoms in total. The van der Waals surface area contributed by atoms with Crippen molar-refractivity contribution in [2.24, 2.45) is 0 Å². The molecule has 0 radical (unpaired) electrons. The normalized spacial score (nSPS) is 15.3. The minimum atomic E-state index is -1.44. The van der Waals surface area contributed by atoms with Gasteiger partial charge in [-0.05, 0) is 68.5 Å². The van der Waals surface area contributed by atoms with Crippen LogP contribution in [-0.2, 0) is 36.9 Å². The molecule has 2 aromatic carbocycles. The maximum absolute atomic E-state index is 13.9. The first-order valence-corrected chi connectivity index (χ1v) is 18.1. The van der Waals surface area contributed by atoms with Crippen LogP contribution in [0.25, 0.3) is 0 Å². The number of carbonyl (C=O) groups is 6. The van der Waals surface area contributed by atoms with E-state index in [-0.39, 0.29) is 37.3 Å². The molecule has 3 rings (SSSR count). The second-order valence-corrected chi connectivity index (χ2v) is 14.2. The number of hydrazine groups is 1. The first kappa shape index (κ1) is 44.2. The third kappa shape index (κ3) is 15.2. The fraction of sp³-hybridized carbons (Fsp3) is 0.514. The van der Waals surface area contributed by atoms with E-state index >= 15 is 0 Å². The molecule has 18 heteroatoms. The van der Waals surface area contributed by atoms with Gasteiger partial charge in [0.2, 0.25) is 23.6 Å². The maximum Gasteiger partial charge on any atom is 0.333 e. The van der Waals surface area contributed by atoms with E-state index in [4.69, 9.17) is 0 Å². The van der Waals surface area contributed by atoms with E-state index in [2.05, 4.69) is 42.8 Å². The highest BCUT2D eigenvalue weighted by atomic mass is 19.1. The van der Waals surface area contributed by atoms with Gasteiger partial charge in [-0.25, -0.2) is 19.0 Å². The van der Waals surface area contributed by atoms with Crippen LogP contribution in [0.5, 0.6) is 0 Å². The summed E-state index contributed by atoms with van der Waals surface area (Å²) in [5.74, 6) is -3.91. The van der Waals surface area contributed by atoms with Crippen molar-refractivity contribution in [1.82, 2.24) is 47.7 Å². The minimum Gasteiger partial charge on any atom is -0.391 e. The number of benzene rings is 2. The van der Waals surface area contributed by atoms with E-state index in [1.54, 1.807) is 24.0 Å². The molecule has 1 saturated heterocycles. The number of amides is 7. The highest BCUT2D eigenvalue weighted by Gasteiger charge is 2.33. The van der Waals surface area contributed by atoms with Crippen LogP contribution < -0.4 is 42.8 Å². The average molecular weight is 774 g/mol. The van der Waals surface area contributed by atoms with Crippen molar-refractivity contribution in [1.29, 1.82) is 0 Å². The summed E-state index contributed by atoms with van der Waals surface area (Å²) in [6.07, 6.45) is -0.645. The molecular formula is C37H53F2N9O7. The monoisotopic (exact) mass is 773 g/mol. The Morgan fingerprint density at radius 2 is 1.56 bits per heavy atom. The van der Waals surface area contributed by atoms with Gasteiger partial charge < -0.3 is 41.9 Å². The number of likely N-dealkylation sites (tertiary alicyclic amines) is 1. The van der Waals surface area contributed by atoms with E-state index in [0.29, 0.717) is 43.6 Å². The fourth-order valence-electron chi connectivity index (χ4n) is 5.63. The number of nitrogens with one attached hydrogen (secondary N) is 8. The molecule has 302 valence electrons. The molecule has 3 atom stereocenters. The summed E-state index contributed by atoms with van der Waals surface area (Å²) in [5, 5.41) is 26.2. The predicted octanol–water partition coefficient (Wildman–Crippen LogP) is -0.218. The number of aryl methyl sites for hydroxylation is 1. The van der Waals surface area contributed by atoms with Crippen molar-refractivity contribution in [3.63, 3.8) is 0 Å². The summed E-state index contributed by atoms with van der Waals surface area (Å²) in [6.45, 7) is 9.05. The number of hydrogen-bond donors (Lipinski definition) is 9. The highest BCUT2D eigenvalue weighted by Crippen LogP contribution is 2.21. The quantitative estimate of drug-likeness (QED) is 0.0970. The predicted molar refractivity (Wildman–Crippen MR) is 199 cm³/mol. The van der Waals surface area contributed by atoms with Crippen molar-refractivity contribution in [2.45, 2.75) is 90.2 Å². The van der Waals surface area contributed by atoms with Crippen LogP contribution in [0.2, 0.25) is 0 Å². The van der Waals surface area contributed by atoms with E-state index in [9.17, 15) is 42.7 Å². The summed E-state index contributed by atoms with van der Waals surface area (Å²) in [7, 11) is 0. The molecule has 7 amide bonds. The Labute approximate surface area is 319 Å². The van der Waals surface area contributed by atoms with Crippen LogP contribution in [0, 0.1) is 18.6 Å². The van der Waals surface area contributed by atoms with Gasteiger partial charge in [0.15, 0.2) is 0 Å². The molecule has 2 unspecified atom stereocenters. The molecule has 0 aliphatic carbocycles. The van der Waals surface area contributed by atoms with E-state index in [1.807, 2.05) is 20.8 Å². The topological polar surface area (TPSA) is 222 Å². The summed E-state index contributed by atoms with van der Waals surface area (Å²) >= 11 is 0. The lowest BCUT2D eigenvalue weighted by Gasteiger charge is -2.40. The molecule has 0 spiro atoms. The molecule has 0 aromatic heterocycles. The first-order valence-electron chi connectivity index (χ1n) is 18.1. The Hall–Kier alpha value is -5.20. The van der Waals surface area contributed by atoms with Crippen molar-refractivity contribution in [3.8, 4) is 0 Å². The molecule has 55 heavy (non-hydrogen) atoms. The molecule has 0 saturated carbocycles. The van der Waals surface area contributed by atoms with Gasteiger partial charge >= 0.3 is 6.03 Å². The summed E-state index contributed by atoms with van der Waals surface area (Å²) in [5.41, 5.74) is 5.23. The van der Waals surface area contributed by atoms with Gasteiger partial charge in [-0.2, -0.15) is 0 Å². The lowest BCUT2D eigenvalue weighted by Crippen LogP contribution is -2.60. The largest absolute Gasteiger partial charge is 0.391 e. The number of hydrogen-bond acceptors (Lipinski definition) is 9.